The molecule has 13 rings (SSSR count). The molecule has 0 radical (unpaired) electrons. The second-order valence-corrected chi connectivity index (χ2v) is 17.3. The highest BCUT2D eigenvalue weighted by Gasteiger charge is 2.28. The third kappa shape index (κ3) is 6.88. The molecule has 0 saturated carbocycles. The molecule has 9 aromatic carbocycles. The van der Waals surface area contributed by atoms with Crippen LogP contribution in [0.1, 0.15) is 22.9 Å². The van der Waals surface area contributed by atoms with Gasteiger partial charge in [-0.05, 0) is 48.0 Å². The molecule has 326 valence electrons. The van der Waals surface area contributed by atoms with Crippen LogP contribution in [0.15, 0.2) is 241 Å². The molecule has 0 N–H and O–H groups in total. The Morgan fingerprint density at radius 2 is 0.884 bits per heavy atom. The number of fused-ring (bicyclic) bond motifs is 7. The summed E-state index contributed by atoms with van der Waals surface area (Å²) in [5, 5.41) is 4.71. The van der Waals surface area contributed by atoms with Crippen LogP contribution in [0, 0.1) is 0 Å². The van der Waals surface area contributed by atoms with Gasteiger partial charge in [0.2, 0.25) is 0 Å². The highest BCUT2D eigenvalue weighted by molar-refractivity contribution is 6.26. The molecule has 12 aromatic rings. The average molecular weight is 887 g/mol. The summed E-state index contributed by atoms with van der Waals surface area (Å²) in [5.41, 5.74) is 12.4. The molecule has 1 aliphatic heterocycles. The number of aliphatic imine (C=N–C) groups is 2. The lowest BCUT2D eigenvalue weighted by atomic mass is 10.1. The van der Waals surface area contributed by atoms with Crippen LogP contribution in [0.4, 0.5) is 0 Å². The zero-order valence-electron chi connectivity index (χ0n) is 37.6. The van der Waals surface area contributed by atoms with Crippen molar-refractivity contribution >= 4 is 55.3 Å². The maximum atomic E-state index is 5.35. The van der Waals surface area contributed by atoms with Gasteiger partial charge in [0.25, 0.3) is 0 Å². The number of aromatic nitrogens is 5. The summed E-state index contributed by atoms with van der Waals surface area (Å²) in [6, 6.07) is 80.4. The second kappa shape index (κ2) is 16.6. The lowest BCUT2D eigenvalue weighted by molar-refractivity contribution is 0.383. The van der Waals surface area contributed by atoms with Crippen molar-refractivity contribution in [2.45, 2.75) is 6.17 Å². The van der Waals surface area contributed by atoms with Crippen LogP contribution >= 0.6 is 0 Å². The zero-order valence-corrected chi connectivity index (χ0v) is 37.6. The van der Waals surface area contributed by atoms with E-state index in [9.17, 15) is 0 Å². The van der Waals surface area contributed by atoms with Crippen LogP contribution < -0.4 is 0 Å². The Hall–Kier alpha value is -9.27. The van der Waals surface area contributed by atoms with Crippen molar-refractivity contribution in [1.82, 2.24) is 29.0 Å². The van der Waals surface area contributed by atoms with Gasteiger partial charge in [-0.3, -0.25) is 0 Å². The smallest absolute Gasteiger partial charge is 0.164 e. The van der Waals surface area contributed by atoms with E-state index in [1.807, 2.05) is 84.9 Å². The summed E-state index contributed by atoms with van der Waals surface area (Å²) in [7, 11) is 2.09. The van der Waals surface area contributed by atoms with Gasteiger partial charge in [-0.1, -0.05) is 188 Å². The van der Waals surface area contributed by atoms with Gasteiger partial charge >= 0.3 is 0 Å². The second-order valence-electron chi connectivity index (χ2n) is 17.3. The van der Waals surface area contributed by atoms with Gasteiger partial charge in [-0.15, -0.1) is 0 Å². The molecule has 69 heavy (non-hydrogen) atoms. The summed E-state index contributed by atoms with van der Waals surface area (Å²) in [6.07, 6.45) is -0.327. The van der Waals surface area contributed by atoms with E-state index in [-0.39, 0.29) is 6.17 Å². The fraction of sp³-hybridized carbons (Fsp3) is 0.0328. The molecule has 4 heterocycles. The zero-order chi connectivity index (χ0) is 45.8. The van der Waals surface area contributed by atoms with E-state index in [0.29, 0.717) is 23.3 Å². The summed E-state index contributed by atoms with van der Waals surface area (Å²) in [4.78, 5) is 27.8. The van der Waals surface area contributed by atoms with E-state index < -0.39 is 0 Å². The third-order valence-corrected chi connectivity index (χ3v) is 13.2. The molecule has 0 fully saturated rings. The number of hydrogen-bond donors (Lipinski definition) is 0. The van der Waals surface area contributed by atoms with Crippen LogP contribution in [0.5, 0.6) is 0 Å². The van der Waals surface area contributed by atoms with Crippen molar-refractivity contribution in [1.29, 1.82) is 0 Å². The lowest BCUT2D eigenvalue weighted by Gasteiger charge is -2.32. The lowest BCUT2D eigenvalue weighted by Crippen LogP contribution is -2.35. The van der Waals surface area contributed by atoms with Crippen molar-refractivity contribution in [3.8, 4) is 45.5 Å². The minimum atomic E-state index is -0.327. The summed E-state index contributed by atoms with van der Waals surface area (Å²) in [6.45, 7) is 0. The molecule has 0 bridgehead atoms. The van der Waals surface area contributed by atoms with Crippen LogP contribution in [0.2, 0.25) is 0 Å². The number of hydrogen-bond acceptors (Lipinski definition) is 6. The van der Waals surface area contributed by atoms with Crippen molar-refractivity contribution in [3.63, 3.8) is 0 Å². The quantitative estimate of drug-likeness (QED) is 0.152. The molecule has 0 aliphatic carbocycles. The first kappa shape index (κ1) is 40.0. The Morgan fingerprint density at radius 1 is 0.377 bits per heavy atom. The number of para-hydroxylation sites is 2. The molecule has 1 atom stereocenters. The van der Waals surface area contributed by atoms with Gasteiger partial charge in [0.1, 0.15) is 5.84 Å². The minimum Gasteiger partial charge on any atom is -0.333 e. The molecule has 3 aromatic heterocycles. The molecule has 0 amide bonds. The van der Waals surface area contributed by atoms with Gasteiger partial charge in [-0.25, -0.2) is 24.9 Å². The number of nitrogens with zero attached hydrogens (tertiary/aromatic N) is 8. The minimum absolute atomic E-state index is 0.327. The molecule has 0 saturated heterocycles. The summed E-state index contributed by atoms with van der Waals surface area (Å²) >= 11 is 0. The Kier molecular flexibility index (Phi) is 9.61. The topological polar surface area (TPSA) is 76.5 Å². The molecular formula is C61H42N8. The SMILES string of the molecule is CN1C(c2ccccc2)=NC(c2ccccc2)=NC1c1cccc(-n2c3ccccc3c3ccc4c(c5ccccc5n4-c4cccc(-c5nc(-c6ccccc6)nc(-c6ccccc6)n5)c4)c32)c1. The Morgan fingerprint density at radius 3 is 1.54 bits per heavy atom. The number of amidine groups is 2. The first-order valence-corrected chi connectivity index (χ1v) is 23.2. The molecule has 1 aliphatic rings. The van der Waals surface area contributed by atoms with Gasteiger partial charge in [0, 0.05) is 67.8 Å². The monoisotopic (exact) mass is 886 g/mol. The number of benzene rings is 9. The van der Waals surface area contributed by atoms with E-state index in [2.05, 4.69) is 167 Å². The van der Waals surface area contributed by atoms with Gasteiger partial charge in [0.15, 0.2) is 29.5 Å². The van der Waals surface area contributed by atoms with Crippen molar-refractivity contribution in [2.24, 2.45) is 9.98 Å². The van der Waals surface area contributed by atoms with Crippen LogP contribution in [-0.2, 0) is 0 Å². The van der Waals surface area contributed by atoms with E-state index in [1.54, 1.807) is 0 Å². The summed E-state index contributed by atoms with van der Waals surface area (Å²) in [5.74, 6) is 3.45. The Balaban J connectivity index is 0.994. The van der Waals surface area contributed by atoms with Crippen LogP contribution in [-0.4, -0.2) is 47.7 Å². The van der Waals surface area contributed by atoms with E-state index >= 15 is 0 Å². The molecule has 8 heteroatoms. The van der Waals surface area contributed by atoms with E-state index in [0.717, 1.165) is 78.0 Å². The molecule has 1 unspecified atom stereocenters. The van der Waals surface area contributed by atoms with Gasteiger partial charge in [-0.2, -0.15) is 0 Å². The van der Waals surface area contributed by atoms with Gasteiger partial charge < -0.3 is 14.0 Å². The maximum absolute atomic E-state index is 5.35. The van der Waals surface area contributed by atoms with Crippen molar-refractivity contribution in [2.75, 3.05) is 7.05 Å². The first-order valence-electron chi connectivity index (χ1n) is 23.2. The standard InChI is InChI=1S/C61H42N8/c1-67-60(43-26-12-5-13-27-43)65-58(42-24-10-4-11-25-42)66-61(67)45-29-19-31-47(39-45)69-51-34-16-14-32-48(51)49-36-37-53-54(55(49)69)50-33-15-17-35-52(50)68(53)46-30-18-28-44(38-46)59-63-56(40-20-6-2-7-21-40)62-57(64-59)41-22-8-3-9-23-41/h2-39,61H,1H3. The van der Waals surface area contributed by atoms with Crippen LogP contribution in [0.25, 0.3) is 89.2 Å². The third-order valence-electron chi connectivity index (χ3n) is 13.2. The highest BCUT2D eigenvalue weighted by Crippen LogP contribution is 2.43. The highest BCUT2D eigenvalue weighted by atomic mass is 15.3. The predicted molar refractivity (Wildman–Crippen MR) is 281 cm³/mol. The molecule has 8 nitrogen and oxygen atoms in total. The van der Waals surface area contributed by atoms with Crippen LogP contribution in [0.3, 0.4) is 0 Å². The Bertz CT molecular complexity index is 3910. The molecular weight excluding hydrogens is 845 g/mol. The largest absolute Gasteiger partial charge is 0.333 e. The first-order chi connectivity index (χ1) is 34.1. The Labute approximate surface area is 398 Å². The molecule has 0 spiro atoms. The normalized spacial score (nSPS) is 13.9. The van der Waals surface area contributed by atoms with E-state index in [4.69, 9.17) is 24.9 Å². The van der Waals surface area contributed by atoms with Gasteiger partial charge in [0.05, 0.1) is 22.1 Å². The fourth-order valence-electron chi connectivity index (χ4n) is 10.0. The predicted octanol–water partition coefficient (Wildman–Crippen LogP) is 13.9. The van der Waals surface area contributed by atoms with E-state index in [1.165, 1.54) is 16.2 Å². The van der Waals surface area contributed by atoms with Crippen molar-refractivity contribution in [3.05, 3.63) is 247 Å². The average Bonchev–Trinajstić information content (AvgIpc) is 3.95. The summed E-state index contributed by atoms with van der Waals surface area (Å²) < 4.78 is 4.83. The maximum Gasteiger partial charge on any atom is 0.164 e. The fourth-order valence-corrected chi connectivity index (χ4v) is 10.0. The van der Waals surface area contributed by atoms with Crippen molar-refractivity contribution < 1.29 is 0 Å². The number of rotatable bonds is 8.